The average molecular weight is 1400 g/mol. The minimum atomic E-state index is -2.69. The Kier molecular flexibility index (Phi) is 16.5. The molecule has 0 bridgehead atoms. The van der Waals surface area contributed by atoms with Crippen LogP contribution in [0.4, 0.5) is 0 Å². The lowest BCUT2D eigenvalue weighted by atomic mass is 10.0. The van der Waals surface area contributed by atoms with E-state index in [0.29, 0.717) is 121 Å². The van der Waals surface area contributed by atoms with Gasteiger partial charge < -0.3 is 73.8 Å². The van der Waals surface area contributed by atoms with Crippen molar-refractivity contribution in [1.29, 1.82) is 0 Å². The quantitative estimate of drug-likeness (QED) is 0.0774. The zero-order valence-electron chi connectivity index (χ0n) is 69.5. The van der Waals surface area contributed by atoms with Crippen molar-refractivity contribution in [2.45, 2.75) is 116 Å². The van der Waals surface area contributed by atoms with Gasteiger partial charge in [0.1, 0.15) is 74.9 Å². The van der Waals surface area contributed by atoms with Gasteiger partial charge in [-0.05, 0) is 108 Å². The van der Waals surface area contributed by atoms with Crippen LogP contribution in [0.5, 0.6) is 17.2 Å². The number of carbonyl (C=O) groups is 9. The molecule has 528 valence electrons. The summed E-state index contributed by atoms with van der Waals surface area (Å²) in [4.78, 5) is 122. The predicted octanol–water partition coefficient (Wildman–Crippen LogP) is 7.12. The van der Waals surface area contributed by atoms with Gasteiger partial charge in [-0.3, -0.25) is 43.2 Å². The molecule has 0 aromatic heterocycles. The molecule has 0 spiro atoms. The summed E-state index contributed by atoms with van der Waals surface area (Å²) in [6, 6.07) is 15.0. The number of allylic oxidation sites excluding steroid dienone is 3. The first-order chi connectivity index (χ1) is 55.0. The number of benzene rings is 6. The number of piperidine rings is 3. The van der Waals surface area contributed by atoms with E-state index in [1.165, 1.54) is 60.9 Å². The molecule has 6 saturated heterocycles. The van der Waals surface area contributed by atoms with Crippen molar-refractivity contribution < 1.29 is 90.8 Å². The molecule has 3 unspecified atom stereocenters. The van der Waals surface area contributed by atoms with Crippen molar-refractivity contribution in [3.8, 4) is 17.2 Å². The fourth-order valence-electron chi connectivity index (χ4n) is 12.8. The average Bonchev–Trinajstić information content (AvgIpc) is 1.53. The number of fused-ring (bicyclic) bond motifs is 3. The molecule has 3 N–H and O–H groups in total. The number of hydrogen-bond acceptors (Lipinski definition) is 15. The summed E-state index contributed by atoms with van der Waals surface area (Å²) < 4.78 is 152. The number of amides is 9. The van der Waals surface area contributed by atoms with Gasteiger partial charge >= 0.3 is 0 Å². The summed E-state index contributed by atoms with van der Waals surface area (Å²) >= 11 is 0. The molecule has 24 nitrogen and oxygen atoms in total. The summed E-state index contributed by atoms with van der Waals surface area (Å²) in [5.74, 6) is -2.42. The lowest BCUT2D eigenvalue weighted by Gasteiger charge is -2.31. The molecule has 0 aliphatic carbocycles. The maximum absolute atomic E-state index is 13.1. The van der Waals surface area contributed by atoms with Gasteiger partial charge in [-0.25, -0.2) is 0 Å². The maximum atomic E-state index is 13.1. The van der Waals surface area contributed by atoms with E-state index >= 15 is 0 Å². The molecule has 24 heteroatoms. The van der Waals surface area contributed by atoms with Crippen LogP contribution in [0.1, 0.15) is 139 Å². The zero-order valence-corrected chi connectivity index (χ0v) is 55.5. The Morgan fingerprint density at radius 2 is 0.784 bits per heavy atom. The first-order valence-electron chi connectivity index (χ1n) is 40.2. The number of hydrogen-bond donors (Lipinski definition) is 3. The lowest BCUT2D eigenvalue weighted by molar-refractivity contribution is -0.144. The van der Waals surface area contributed by atoms with Gasteiger partial charge in [0.25, 0.3) is 17.7 Å². The first kappa shape index (κ1) is 53.9. The van der Waals surface area contributed by atoms with Gasteiger partial charge in [-0.2, -0.15) is 0 Å². The van der Waals surface area contributed by atoms with Crippen molar-refractivity contribution >= 4 is 53.2 Å². The van der Waals surface area contributed by atoms with Crippen LogP contribution in [-0.4, -0.2) is 160 Å². The molecule has 9 aliphatic heterocycles. The molecule has 6 aromatic rings. The minimum absolute atomic E-state index is 0.00908. The van der Waals surface area contributed by atoms with E-state index in [1.807, 2.05) is 0 Å². The van der Waals surface area contributed by atoms with Crippen molar-refractivity contribution in [3.05, 3.63) is 231 Å². The van der Waals surface area contributed by atoms with E-state index in [-0.39, 0.29) is 195 Å². The second-order valence-electron chi connectivity index (χ2n) is 25.1. The lowest BCUT2D eigenvalue weighted by Crippen LogP contribution is -2.49. The molecule has 3 atom stereocenters. The Morgan fingerprint density at radius 3 is 1.24 bits per heavy atom. The topological polar surface area (TPSA) is 265 Å². The maximum Gasteiger partial charge on any atom is 0.255 e. The Labute approximate surface area is 610 Å². The van der Waals surface area contributed by atoms with Gasteiger partial charge in [-0.1, -0.05) is 111 Å². The van der Waals surface area contributed by atoms with Gasteiger partial charge in [0, 0.05) is 89.7 Å². The first-order valence-corrected chi connectivity index (χ1v) is 33.2. The molecule has 102 heavy (non-hydrogen) atoms. The highest BCUT2D eigenvalue weighted by Gasteiger charge is 2.43. The minimum Gasteiger partial charge on any atom is -0.489 e. The van der Waals surface area contributed by atoms with Crippen molar-refractivity contribution in [1.82, 2.24) is 45.3 Å². The smallest absolute Gasteiger partial charge is 0.255 e. The highest BCUT2D eigenvalue weighted by Crippen LogP contribution is 2.38. The van der Waals surface area contributed by atoms with Crippen LogP contribution in [0.15, 0.2) is 164 Å². The summed E-state index contributed by atoms with van der Waals surface area (Å²) in [5, 5.41) is 8.06. The highest BCUT2D eigenvalue weighted by atomic mass is 16.5. The van der Waals surface area contributed by atoms with Crippen LogP contribution in [0.2, 0.25) is 0 Å². The molecule has 0 saturated carbocycles. The molecule has 9 amide bonds. The van der Waals surface area contributed by atoms with E-state index in [1.54, 1.807) is 36.4 Å². The van der Waals surface area contributed by atoms with E-state index < -0.39 is 61.3 Å². The molecular weight excluding hydrogens is 1300 g/mol. The number of carbonyl (C=O) groups excluding carboxylic acids is 9. The van der Waals surface area contributed by atoms with E-state index in [0.717, 1.165) is 11.0 Å². The van der Waals surface area contributed by atoms with Crippen molar-refractivity contribution in [2.75, 3.05) is 59.3 Å². The number of morpholine rings is 3. The second-order valence-corrected chi connectivity index (χ2v) is 25.1. The van der Waals surface area contributed by atoms with Gasteiger partial charge in [0.2, 0.25) is 35.4 Å². The fraction of sp³-hybridized carbons (Fsp3) is 0.346. The van der Waals surface area contributed by atoms with Crippen molar-refractivity contribution in [3.63, 3.8) is 0 Å². The van der Waals surface area contributed by atoms with Gasteiger partial charge in [0.15, 0.2) is 0 Å². The molecule has 9 heterocycles. The summed E-state index contributed by atoms with van der Waals surface area (Å²) in [6.45, 7) is 4.96. The third kappa shape index (κ3) is 15.9. The third-order valence-corrected chi connectivity index (χ3v) is 18.3. The molecule has 6 fully saturated rings. The van der Waals surface area contributed by atoms with Crippen LogP contribution < -0.4 is 30.2 Å². The van der Waals surface area contributed by atoms with Crippen LogP contribution in [0.3, 0.4) is 0 Å². The normalized spacial score (nSPS) is 22.8. The van der Waals surface area contributed by atoms with Crippen LogP contribution in [0, 0.1) is 0 Å². The number of rotatable bonds is 18. The Balaban J connectivity index is 0.000000151. The predicted molar refractivity (Wildman–Crippen MR) is 371 cm³/mol. The molecule has 6 aromatic carbocycles. The van der Waals surface area contributed by atoms with E-state index in [2.05, 4.69) is 35.7 Å². The number of nitrogens with zero attached hydrogens (tertiary/aromatic N) is 6. The molecule has 0 radical (unpaired) electrons. The summed E-state index contributed by atoms with van der Waals surface area (Å²) in [7, 11) is 0. The van der Waals surface area contributed by atoms with E-state index in [4.69, 9.17) is 47.6 Å². The Morgan fingerprint density at radius 1 is 0.422 bits per heavy atom. The second kappa shape index (κ2) is 31.3. The van der Waals surface area contributed by atoms with Crippen LogP contribution >= 0.6 is 0 Å². The highest BCUT2D eigenvalue weighted by molar-refractivity contribution is 6.04. The number of ether oxygens (including phenoxy) is 6. The SMILES string of the molecule is [2H]c1cc(C([2H])([2H])Oc2cccc3c2CN(C2CCC(=C)NC2=O)C3=O)c([2H])c([2H])c1CN1CCOCC1=O.[2H]c1cc(CN2CCOCC2=O)c([2H])c([2H])c1C([2H])([2H])Oc1cccc2c1CN(C1CCC(=C)NC1=O)C2=O.[2H]c1cc(COc2cccc3c2CN(C2CCC(=C)NC2=O)C3=O)cc([2H])c1C([2H])([2H])N1CCOCC1=O. The monoisotopic (exact) mass is 1400 g/mol. The Hall–Kier alpha value is -11.0. The Bertz CT molecular complexity index is 5110. The van der Waals surface area contributed by atoms with Crippen molar-refractivity contribution in [2.24, 2.45) is 0 Å². The standard InChI is InChI=1S/3C26H27N3O5/c3*1-17-5-10-22(25(31)27-17)29-14-21-20(26(29)32)3-2-4-23(21)34-15-19-8-6-18(7-9-19)13-28-11-12-33-16-24(28)30/h3*2-4,6-9,22H,1,5,10-16H2,(H,27,31)/i6D,8D,9D,15D2;6D,7D,8D,15D2;6D,7D,13D2. The van der Waals surface area contributed by atoms with Crippen LogP contribution in [-0.2, 0) is 102 Å². The zero-order chi connectivity index (χ0) is 83.3. The van der Waals surface area contributed by atoms with Crippen LogP contribution in [0.25, 0.3) is 0 Å². The summed E-state index contributed by atoms with van der Waals surface area (Å²) in [6.07, 6.45) is 3.00. The van der Waals surface area contributed by atoms with E-state index in [9.17, 15) is 43.2 Å². The summed E-state index contributed by atoms with van der Waals surface area (Å²) in [5.41, 5.74) is 4.20. The third-order valence-electron chi connectivity index (χ3n) is 18.3. The molecular formula is C78H81N9O15. The van der Waals surface area contributed by atoms with Gasteiger partial charge in [-0.15, -0.1) is 0 Å². The number of nitrogens with one attached hydrogen (secondary N) is 3. The van der Waals surface area contributed by atoms with Gasteiger partial charge in [0.05, 0.1) is 58.6 Å². The fourth-order valence-corrected chi connectivity index (χ4v) is 12.8. The molecule has 15 rings (SSSR count). The largest absolute Gasteiger partial charge is 0.489 e. The molecule has 9 aliphatic rings.